The molecule has 0 unspecified atom stereocenters. The molecule has 0 spiro atoms. The maximum Gasteiger partial charge on any atom is 0.242 e. The number of anilines is 1. The van der Waals surface area contributed by atoms with E-state index in [9.17, 15) is 18.0 Å². The fourth-order valence-corrected chi connectivity index (χ4v) is 4.84. The van der Waals surface area contributed by atoms with E-state index < -0.39 is 16.1 Å². The highest BCUT2D eigenvalue weighted by Crippen LogP contribution is 2.23. The molecule has 0 heterocycles. The van der Waals surface area contributed by atoms with Crippen LogP contribution >= 0.6 is 11.6 Å². The number of hydrogen-bond donors (Lipinski definition) is 1. The summed E-state index contributed by atoms with van der Waals surface area (Å²) in [4.78, 5) is 27.5. The molecule has 0 aromatic heterocycles. The average Bonchev–Trinajstić information content (AvgIpc) is 2.80. The molecule has 2 aromatic rings. The summed E-state index contributed by atoms with van der Waals surface area (Å²) in [6.45, 7) is 8.04. The summed E-state index contributed by atoms with van der Waals surface area (Å²) in [5.74, 6) is 0.118. The smallest absolute Gasteiger partial charge is 0.242 e. The van der Waals surface area contributed by atoms with Crippen LogP contribution in [-0.2, 0) is 26.2 Å². The first kappa shape index (κ1) is 29.5. The molecule has 0 saturated heterocycles. The summed E-state index contributed by atoms with van der Waals surface area (Å²) in [5.41, 5.74) is 1.22. The Labute approximate surface area is 219 Å². The average molecular weight is 538 g/mol. The van der Waals surface area contributed by atoms with Crippen LogP contribution in [-0.4, -0.2) is 56.6 Å². The van der Waals surface area contributed by atoms with Gasteiger partial charge in [-0.2, -0.15) is 0 Å². The molecule has 0 radical (unpaired) electrons. The van der Waals surface area contributed by atoms with Crippen LogP contribution in [0.5, 0.6) is 5.75 Å². The summed E-state index contributed by atoms with van der Waals surface area (Å²) >= 11 is 6.32. The van der Waals surface area contributed by atoms with Crippen molar-refractivity contribution < 1.29 is 22.7 Å². The standard InChI is InChI=1S/C26H36ClN3O5S/c1-6-35-23-15-13-22(14-16-23)30(36(5,33)34)17-9-12-25(31)29(20(4)26(32)28-19(2)3)18-21-10-7-8-11-24(21)27/h7-8,10-11,13-16,19-20H,6,9,12,17-18H2,1-5H3,(H,28,32)/t20-/m1/s1. The van der Waals surface area contributed by atoms with Crippen LogP contribution in [0.15, 0.2) is 48.5 Å². The lowest BCUT2D eigenvalue weighted by molar-refractivity contribution is -0.140. The fourth-order valence-electron chi connectivity index (χ4n) is 3.68. The molecule has 0 bridgehead atoms. The minimum atomic E-state index is -3.57. The zero-order valence-electron chi connectivity index (χ0n) is 21.5. The number of carbonyl (C=O) groups excluding carboxylic acids is 2. The molecule has 2 aromatic carbocycles. The van der Waals surface area contributed by atoms with Crippen LogP contribution in [0.25, 0.3) is 0 Å². The van der Waals surface area contributed by atoms with Crippen LogP contribution < -0.4 is 14.4 Å². The molecule has 0 aliphatic carbocycles. The molecule has 198 valence electrons. The van der Waals surface area contributed by atoms with E-state index in [1.165, 1.54) is 9.21 Å². The molecule has 2 rings (SSSR count). The Bertz CT molecular complexity index is 1120. The van der Waals surface area contributed by atoms with E-state index in [0.29, 0.717) is 23.1 Å². The van der Waals surface area contributed by atoms with Crippen LogP contribution in [0, 0.1) is 0 Å². The summed E-state index contributed by atoms with van der Waals surface area (Å²) < 4.78 is 31.6. The summed E-state index contributed by atoms with van der Waals surface area (Å²) in [6.07, 6.45) is 1.47. The van der Waals surface area contributed by atoms with Gasteiger partial charge in [-0.15, -0.1) is 0 Å². The second kappa shape index (κ2) is 13.5. The van der Waals surface area contributed by atoms with Gasteiger partial charge in [-0.25, -0.2) is 8.42 Å². The second-order valence-corrected chi connectivity index (χ2v) is 11.1. The number of halogens is 1. The number of amides is 2. The van der Waals surface area contributed by atoms with Crippen LogP contribution in [0.1, 0.15) is 46.1 Å². The largest absolute Gasteiger partial charge is 0.494 e. The quantitative estimate of drug-likeness (QED) is 0.412. The Kier molecular flexibility index (Phi) is 11.0. The number of hydrogen-bond acceptors (Lipinski definition) is 5. The topological polar surface area (TPSA) is 96.0 Å². The lowest BCUT2D eigenvalue weighted by Gasteiger charge is -2.30. The normalized spacial score (nSPS) is 12.2. The third-order valence-electron chi connectivity index (χ3n) is 5.48. The molecule has 8 nitrogen and oxygen atoms in total. The number of sulfonamides is 1. The van der Waals surface area contributed by atoms with Crippen LogP contribution in [0.3, 0.4) is 0 Å². The SMILES string of the molecule is CCOc1ccc(N(CCCC(=O)N(Cc2ccccc2Cl)[C@H](C)C(=O)NC(C)C)S(C)(=O)=O)cc1. The van der Waals surface area contributed by atoms with Crippen molar-refractivity contribution in [2.24, 2.45) is 0 Å². The van der Waals surface area contributed by atoms with Crippen molar-refractivity contribution in [3.8, 4) is 5.75 Å². The van der Waals surface area contributed by atoms with Gasteiger partial charge in [0.25, 0.3) is 0 Å². The summed E-state index contributed by atoms with van der Waals surface area (Å²) in [6, 6.07) is 13.1. The number of rotatable bonds is 13. The van der Waals surface area contributed by atoms with Crippen LogP contribution in [0.4, 0.5) is 5.69 Å². The number of benzene rings is 2. The van der Waals surface area contributed by atoms with Gasteiger partial charge in [-0.05, 0) is 70.0 Å². The number of ether oxygens (including phenoxy) is 1. The van der Waals surface area contributed by atoms with E-state index in [1.807, 2.05) is 32.9 Å². The molecular weight excluding hydrogens is 502 g/mol. The van der Waals surface area contributed by atoms with E-state index >= 15 is 0 Å². The van der Waals surface area contributed by atoms with Gasteiger partial charge in [-0.1, -0.05) is 29.8 Å². The van der Waals surface area contributed by atoms with E-state index in [1.54, 1.807) is 43.3 Å². The maximum absolute atomic E-state index is 13.3. The maximum atomic E-state index is 13.3. The van der Waals surface area contributed by atoms with Crippen molar-refractivity contribution in [2.75, 3.05) is 23.7 Å². The third kappa shape index (κ3) is 8.71. The van der Waals surface area contributed by atoms with Gasteiger partial charge in [-0.3, -0.25) is 13.9 Å². The van der Waals surface area contributed by atoms with Crippen molar-refractivity contribution >= 4 is 39.1 Å². The molecule has 0 saturated carbocycles. The van der Waals surface area contributed by atoms with Gasteiger partial charge in [0.2, 0.25) is 21.8 Å². The molecule has 2 amide bonds. The Morgan fingerprint density at radius 3 is 2.25 bits per heavy atom. The predicted octanol–water partition coefficient (Wildman–Crippen LogP) is 4.23. The molecule has 1 atom stereocenters. The summed E-state index contributed by atoms with van der Waals surface area (Å²) in [7, 11) is -3.57. The monoisotopic (exact) mass is 537 g/mol. The van der Waals surface area contributed by atoms with Crippen molar-refractivity contribution in [3.63, 3.8) is 0 Å². The number of nitrogens with zero attached hydrogens (tertiary/aromatic N) is 2. The molecule has 0 aliphatic heterocycles. The van der Waals surface area contributed by atoms with Crippen LogP contribution in [0.2, 0.25) is 5.02 Å². The second-order valence-electron chi connectivity index (χ2n) is 8.82. The number of carbonyl (C=O) groups is 2. The predicted molar refractivity (Wildman–Crippen MR) is 144 cm³/mol. The van der Waals surface area contributed by atoms with Crippen molar-refractivity contribution in [2.45, 2.75) is 59.2 Å². The van der Waals surface area contributed by atoms with Gasteiger partial charge >= 0.3 is 0 Å². The summed E-state index contributed by atoms with van der Waals surface area (Å²) in [5, 5.41) is 3.35. The molecule has 10 heteroatoms. The first-order valence-corrected chi connectivity index (χ1v) is 14.2. The first-order valence-electron chi connectivity index (χ1n) is 12.0. The van der Waals surface area contributed by atoms with Gasteiger partial charge in [0.1, 0.15) is 11.8 Å². The molecular formula is C26H36ClN3O5S. The van der Waals surface area contributed by atoms with Crippen molar-refractivity contribution in [1.82, 2.24) is 10.2 Å². The molecule has 1 N–H and O–H groups in total. The highest BCUT2D eigenvalue weighted by molar-refractivity contribution is 7.92. The molecule has 36 heavy (non-hydrogen) atoms. The van der Waals surface area contributed by atoms with Crippen molar-refractivity contribution in [1.29, 1.82) is 0 Å². The van der Waals surface area contributed by atoms with Gasteiger partial charge in [0.15, 0.2) is 0 Å². The van der Waals surface area contributed by atoms with Gasteiger partial charge < -0.3 is 15.0 Å². The fraction of sp³-hybridized carbons (Fsp3) is 0.462. The third-order valence-corrected chi connectivity index (χ3v) is 7.05. The van der Waals surface area contributed by atoms with Gasteiger partial charge in [0, 0.05) is 30.6 Å². The highest BCUT2D eigenvalue weighted by Gasteiger charge is 2.27. The Hall–Kier alpha value is -2.78. The van der Waals surface area contributed by atoms with Gasteiger partial charge in [0.05, 0.1) is 18.6 Å². The first-order chi connectivity index (χ1) is 16.9. The van der Waals surface area contributed by atoms with E-state index in [2.05, 4.69) is 5.32 Å². The zero-order chi connectivity index (χ0) is 26.9. The van der Waals surface area contributed by atoms with E-state index in [4.69, 9.17) is 16.3 Å². The minimum Gasteiger partial charge on any atom is -0.494 e. The molecule has 0 aliphatic rings. The number of nitrogens with one attached hydrogen (secondary N) is 1. The molecule has 0 fully saturated rings. The lowest BCUT2D eigenvalue weighted by Crippen LogP contribution is -2.49. The highest BCUT2D eigenvalue weighted by atomic mass is 35.5. The zero-order valence-corrected chi connectivity index (χ0v) is 23.1. The Morgan fingerprint density at radius 2 is 1.69 bits per heavy atom. The minimum absolute atomic E-state index is 0.0623. The Balaban J connectivity index is 2.16. The Morgan fingerprint density at radius 1 is 1.06 bits per heavy atom. The van der Waals surface area contributed by atoms with E-state index in [-0.39, 0.29) is 43.8 Å². The lowest BCUT2D eigenvalue weighted by atomic mass is 10.1. The van der Waals surface area contributed by atoms with Crippen molar-refractivity contribution in [3.05, 3.63) is 59.1 Å². The van der Waals surface area contributed by atoms with E-state index in [0.717, 1.165) is 11.8 Å².